The van der Waals surface area contributed by atoms with Crippen LogP contribution >= 0.6 is 0 Å². The van der Waals surface area contributed by atoms with Gasteiger partial charge < -0.3 is 109 Å². The third kappa shape index (κ3) is 9.03. The Morgan fingerprint density at radius 3 is 1.79 bits per heavy atom. The fourth-order valence-corrected chi connectivity index (χ4v) is 7.30. The zero-order chi connectivity index (χ0) is 41.6. The van der Waals surface area contributed by atoms with Gasteiger partial charge in [-0.05, 0) is 26.8 Å². The molecule has 326 valence electrons. The van der Waals surface area contributed by atoms with Crippen molar-refractivity contribution >= 4 is 5.78 Å². The third-order valence-electron chi connectivity index (χ3n) is 10.7. The Morgan fingerprint density at radius 1 is 0.614 bits per heavy atom. The van der Waals surface area contributed by atoms with Crippen LogP contribution in [0.1, 0.15) is 38.2 Å². The van der Waals surface area contributed by atoms with Crippen LogP contribution in [0.2, 0.25) is 0 Å². The summed E-state index contributed by atoms with van der Waals surface area (Å²) in [6.07, 6.45) is -34.4. The van der Waals surface area contributed by atoms with Gasteiger partial charge in [-0.25, -0.2) is 0 Å². The van der Waals surface area contributed by atoms with Crippen molar-refractivity contribution in [3.63, 3.8) is 0 Å². The fraction of sp³-hybridized carbons (Fsp3) is 0.853. The molecule has 0 amide bonds. The number of hydrogen-bond donors (Lipinski definition) is 12. The van der Waals surface area contributed by atoms with Crippen LogP contribution in [0.5, 0.6) is 5.75 Å². The molecule has 0 saturated carbocycles. The molecule has 23 atom stereocenters. The van der Waals surface area contributed by atoms with E-state index in [1.54, 1.807) is 0 Å². The van der Waals surface area contributed by atoms with Gasteiger partial charge in [-0.1, -0.05) is 0 Å². The maximum Gasteiger partial charge on any atom is 0.229 e. The Labute approximate surface area is 325 Å². The van der Waals surface area contributed by atoms with Gasteiger partial charge in [0.05, 0.1) is 31.5 Å². The van der Waals surface area contributed by atoms with Gasteiger partial charge in [-0.2, -0.15) is 0 Å². The third-order valence-corrected chi connectivity index (χ3v) is 10.7. The van der Waals surface area contributed by atoms with E-state index in [1.807, 2.05) is 0 Å². The van der Waals surface area contributed by atoms with Crippen LogP contribution in [0.4, 0.5) is 0 Å². The molecular formula is C34H53NO22. The summed E-state index contributed by atoms with van der Waals surface area (Å²) < 4.78 is 58.0. The van der Waals surface area contributed by atoms with Crippen LogP contribution in [0.15, 0.2) is 12.3 Å². The maximum atomic E-state index is 12.2. The number of Topliss-reactive ketones (excluding diaryl/α,β-unsaturated/α-hetero) is 1. The highest BCUT2D eigenvalue weighted by Gasteiger charge is 2.55. The number of H-pyrrole nitrogens is 1. The average molecular weight is 828 g/mol. The summed E-state index contributed by atoms with van der Waals surface area (Å²) >= 11 is 0. The first-order chi connectivity index (χ1) is 26.9. The minimum atomic E-state index is -1.88. The molecule has 5 saturated heterocycles. The predicted molar refractivity (Wildman–Crippen MR) is 179 cm³/mol. The Hall–Kier alpha value is -2.05. The lowest BCUT2D eigenvalue weighted by Gasteiger charge is -2.48. The van der Waals surface area contributed by atoms with E-state index in [-0.39, 0.29) is 11.4 Å². The zero-order valence-corrected chi connectivity index (χ0v) is 31.3. The van der Waals surface area contributed by atoms with Gasteiger partial charge in [0.1, 0.15) is 91.1 Å². The smallest absolute Gasteiger partial charge is 0.229 e. The molecule has 0 aromatic carbocycles. The number of ketones is 1. The molecular weight excluding hydrogens is 774 g/mol. The van der Waals surface area contributed by atoms with Gasteiger partial charge in [-0.15, -0.1) is 0 Å². The highest BCUT2D eigenvalue weighted by atomic mass is 16.8. The quantitative estimate of drug-likeness (QED) is 0.0873. The summed E-state index contributed by atoms with van der Waals surface area (Å²) in [5, 5.41) is 117. The number of hydrogen-bond acceptors (Lipinski definition) is 22. The topological polar surface area (TPSA) is 348 Å². The summed E-state index contributed by atoms with van der Waals surface area (Å²) in [4.78, 5) is 15.0. The molecule has 12 N–H and O–H groups in total. The Kier molecular flexibility index (Phi) is 14.3. The largest absolute Gasteiger partial charge is 0.460 e. The first-order valence-corrected chi connectivity index (χ1v) is 18.5. The molecule has 0 unspecified atom stereocenters. The van der Waals surface area contributed by atoms with Crippen LogP contribution < -0.4 is 4.74 Å². The van der Waals surface area contributed by atoms with Crippen LogP contribution in [0, 0.1) is 0 Å². The van der Waals surface area contributed by atoms with Crippen molar-refractivity contribution in [2.75, 3.05) is 13.2 Å². The van der Waals surface area contributed by atoms with Crippen molar-refractivity contribution < 1.29 is 108 Å². The molecule has 23 nitrogen and oxygen atoms in total. The molecule has 0 aliphatic carbocycles. The SMILES string of the molecule is CC(=O)c1[nH]ccc1O[C@@H]1O[C@H](C)[C@@H](O[C@H]2OC[C@H](O)[C@H](O)[C@H]2O[C@@H]2O[C@H](C)[C@H](O)[C@H](O[C@@H]3O[C@@H](CO)[C@H](O)[C@H]3O)[C@H]2O)[C@H](O)[C@H]1O[C@@H]1O[C@H](C)[C@@H](O)[C@H](O)[C@H]1O. The number of aliphatic hydroxyl groups excluding tert-OH is 11. The second-order valence-corrected chi connectivity index (χ2v) is 14.8. The lowest BCUT2D eigenvalue weighted by Crippen LogP contribution is -2.66. The summed E-state index contributed by atoms with van der Waals surface area (Å²) in [5.41, 5.74) is 0.0580. The lowest BCUT2D eigenvalue weighted by molar-refractivity contribution is -0.387. The molecule has 0 spiro atoms. The number of rotatable bonds is 12. The van der Waals surface area contributed by atoms with Crippen molar-refractivity contribution in [3.8, 4) is 5.75 Å². The van der Waals surface area contributed by atoms with Crippen molar-refractivity contribution in [1.29, 1.82) is 0 Å². The second-order valence-electron chi connectivity index (χ2n) is 14.8. The van der Waals surface area contributed by atoms with E-state index < -0.39 is 160 Å². The van der Waals surface area contributed by atoms with Gasteiger partial charge in [0, 0.05) is 13.1 Å². The summed E-state index contributed by atoms with van der Waals surface area (Å²) in [5.74, 6) is -0.384. The minimum absolute atomic E-state index is 0.0149. The molecule has 23 heteroatoms. The number of carbonyl (C=O) groups is 1. The maximum absolute atomic E-state index is 12.2. The van der Waals surface area contributed by atoms with Crippen LogP contribution in [0.25, 0.3) is 0 Å². The Morgan fingerprint density at radius 2 is 1.16 bits per heavy atom. The number of aliphatic hydroxyl groups is 11. The Bertz CT molecular complexity index is 1470. The second kappa shape index (κ2) is 18.3. The van der Waals surface area contributed by atoms with Crippen molar-refractivity contribution in [3.05, 3.63) is 18.0 Å². The van der Waals surface area contributed by atoms with Crippen molar-refractivity contribution in [2.45, 2.75) is 169 Å². The Balaban J connectivity index is 1.22. The summed E-state index contributed by atoms with van der Waals surface area (Å²) in [6, 6.07) is 1.42. The summed E-state index contributed by atoms with van der Waals surface area (Å²) in [7, 11) is 0. The van der Waals surface area contributed by atoms with Gasteiger partial charge in [0.25, 0.3) is 0 Å². The molecule has 6 rings (SSSR count). The molecule has 0 bridgehead atoms. The van der Waals surface area contributed by atoms with E-state index in [1.165, 1.54) is 40.0 Å². The first kappa shape index (κ1) is 44.5. The molecule has 57 heavy (non-hydrogen) atoms. The lowest BCUT2D eigenvalue weighted by atomic mass is 9.97. The fourth-order valence-electron chi connectivity index (χ4n) is 7.30. The molecule has 1 aromatic heterocycles. The predicted octanol–water partition coefficient (Wildman–Crippen LogP) is -5.95. The standard InChI is InChI=1S/C34H53NO22/c1-9(37)16-14(5-6-35-16)52-34-29(57-30-23(45)21(43)17(39)10(2)49-30)24(46)26(12(4)51-34)54-33-28(19(41)13(38)8-48-33)56-32-25(47)27(18(40)11(3)50-32)55-31-22(44)20(42)15(7-36)53-31/h5-6,10-13,15,17-36,38-47H,7-8H2,1-4H3/t10-,11-,12-,13+,15+,17-,18+,19+,20+,21+,22-,23-,24+,25-,26-,27+,28-,29-,30+,31+,32+,33-,34+/m1/s1. The highest BCUT2D eigenvalue weighted by Crippen LogP contribution is 2.36. The van der Waals surface area contributed by atoms with E-state index in [0.29, 0.717) is 0 Å². The van der Waals surface area contributed by atoms with Gasteiger partial charge >= 0.3 is 0 Å². The summed E-state index contributed by atoms with van der Waals surface area (Å²) in [6.45, 7) is 4.39. The molecule has 5 aliphatic heterocycles. The molecule has 0 radical (unpaired) electrons. The monoisotopic (exact) mass is 827 g/mol. The van der Waals surface area contributed by atoms with Crippen LogP contribution in [-0.4, -0.2) is 221 Å². The van der Waals surface area contributed by atoms with Crippen molar-refractivity contribution in [2.24, 2.45) is 0 Å². The van der Waals surface area contributed by atoms with Crippen LogP contribution in [0.3, 0.4) is 0 Å². The van der Waals surface area contributed by atoms with E-state index in [4.69, 9.17) is 47.4 Å². The van der Waals surface area contributed by atoms with E-state index >= 15 is 0 Å². The van der Waals surface area contributed by atoms with Crippen LogP contribution in [-0.2, 0) is 42.6 Å². The van der Waals surface area contributed by atoms with E-state index in [2.05, 4.69) is 4.98 Å². The number of ether oxygens (including phenoxy) is 10. The number of aromatic nitrogens is 1. The average Bonchev–Trinajstić information content (AvgIpc) is 3.75. The molecule has 5 fully saturated rings. The van der Waals surface area contributed by atoms with Gasteiger partial charge in [0.15, 0.2) is 42.8 Å². The van der Waals surface area contributed by atoms with E-state index in [9.17, 15) is 61.0 Å². The first-order valence-electron chi connectivity index (χ1n) is 18.5. The number of carbonyl (C=O) groups excluding carboxylic acids is 1. The molecule has 6 heterocycles. The van der Waals surface area contributed by atoms with Gasteiger partial charge in [-0.3, -0.25) is 4.79 Å². The molecule has 5 aliphatic rings. The normalized spacial score (nSPS) is 49.5. The van der Waals surface area contributed by atoms with Gasteiger partial charge in [0.2, 0.25) is 6.29 Å². The molecule has 1 aromatic rings. The number of nitrogens with one attached hydrogen (secondary N) is 1. The van der Waals surface area contributed by atoms with Crippen molar-refractivity contribution in [1.82, 2.24) is 4.98 Å². The number of aromatic amines is 1. The van der Waals surface area contributed by atoms with E-state index in [0.717, 1.165) is 0 Å². The minimum Gasteiger partial charge on any atom is -0.460 e. The zero-order valence-electron chi connectivity index (χ0n) is 31.3. The highest BCUT2D eigenvalue weighted by molar-refractivity contribution is 5.94.